The number of carbonyl (C=O) groups excluding carboxylic acids is 2. The molecule has 0 saturated heterocycles. The van der Waals surface area contributed by atoms with Crippen LogP contribution in [0.15, 0.2) is 36.0 Å². The molecule has 5 nitrogen and oxygen atoms in total. The molecule has 0 radical (unpaired) electrons. The van der Waals surface area contributed by atoms with Gasteiger partial charge in [-0.3, -0.25) is 9.59 Å². The van der Waals surface area contributed by atoms with Crippen molar-refractivity contribution in [3.8, 4) is 0 Å². The van der Waals surface area contributed by atoms with E-state index < -0.39 is 183 Å². The number of allylic oxidation sites excluding steroid dienone is 4. The maximum Gasteiger partial charge on any atom is 1.00 e. The normalized spacial score (nSPS) is 16.6. The van der Waals surface area contributed by atoms with E-state index in [2.05, 4.69) is 0 Å². The fraction of sp³-hybridized carbons (Fsp3) is 0.579. The second-order valence-electron chi connectivity index (χ2n) is 19.7. The van der Waals surface area contributed by atoms with E-state index in [0.717, 1.165) is 0 Å². The van der Waals surface area contributed by atoms with Crippen molar-refractivity contribution in [2.75, 3.05) is 0 Å². The SMILES string of the molecule is CCC(=O)/C=C/C=C(\C=C\C(C)=O)C(O)CCC(O)OC(C)(C)C.S=S(=S)(I)S(=S)(=S)S(=S)(=S)S(=S)(=S)S(=S)(=S)S(=S)(=S)S(=S)(=S)S(=S)(=S)S(=S)(=S)S(=S)(=S)S(=S)(=S)S(=S)(=S)S(=S)(=S)S(=S)(=S)S(=S)(=S)S(=S)(=S)S(=S)(=S)S(=S)(=S)S(=S)(=S)S(=S)(=S)S(=S)(=S)S(=S)(=S)S(=S)(=S)S(=S)(=S)S(=S)(=S)S(=S)(=S)S(=S)(=S)S(=S)(=S)S(=S)(=S)S(=S)(=S)S(=S)(=S)S(=S)(=S)S[S-].[K+]. The Morgan fingerprint density at radius 3 is 0.629 bits per heavy atom. The molecule has 0 fully saturated rings. The molecule has 2 atom stereocenters. The van der Waals surface area contributed by atoms with Gasteiger partial charge in [0.1, 0.15) is 0 Å². The predicted molar refractivity (Wildman–Crippen MR) is 830 cm³/mol. The second-order valence-corrected chi connectivity index (χ2v) is 367. The number of hydrogen-bond donors (Lipinski definition) is 2. The number of ketones is 2. The summed E-state index contributed by atoms with van der Waals surface area (Å²) < 4.78 is 2.62. The molecule has 0 aliphatic carbocycles. The molecule has 732 valence electrons. The maximum absolute atomic E-state index is 11.3. The smallest absolute Gasteiger partial charge is 0.706 e. The number of halogens is 1. The molecule has 0 aromatic heterocycles. The van der Waals surface area contributed by atoms with Crippen molar-refractivity contribution in [1.29, 1.82) is 0 Å². The fourth-order valence-corrected chi connectivity index (χ4v) is 763. The van der Waals surface area contributed by atoms with Gasteiger partial charge in [-0.05, 0) is 768 Å². The number of carbonyl (C=O) groups is 2. The van der Waals surface area contributed by atoms with Crippen LogP contribution in [0.25, 0.3) is 0 Å². The van der Waals surface area contributed by atoms with Gasteiger partial charge in [0.2, 0.25) is 0 Å². The summed E-state index contributed by atoms with van der Waals surface area (Å²) in [7, 11) is 0.597. The summed E-state index contributed by atoms with van der Waals surface area (Å²) in [5, 5.41) is -102. The Morgan fingerprint density at radius 2 is 0.484 bits per heavy atom. The Hall–Kier alpha value is 26.8. The topological polar surface area (TPSA) is 83.8 Å². The molecule has 0 rings (SSSR count). The van der Waals surface area contributed by atoms with E-state index in [1.165, 1.54) is 25.2 Å². The van der Waals surface area contributed by atoms with Crippen LogP contribution in [-0.2, 0) is 907 Å². The molecular formula is C19H30IKO5S98. The molecule has 0 aromatic rings. The number of ether oxygens (including phenoxy) is 1. The van der Waals surface area contributed by atoms with Crippen LogP contribution in [0.5, 0.6) is 0 Å². The molecule has 0 aliphatic rings. The van der Waals surface area contributed by atoms with Crippen LogP contribution in [0, 0.1) is 0 Å². The van der Waals surface area contributed by atoms with Gasteiger partial charge in [-0.2, -0.15) is 0 Å². The zero-order chi connectivity index (χ0) is 101. The Balaban J connectivity index is -0.00000502. The average molecular weight is 3650 g/mol. The summed E-state index contributed by atoms with van der Waals surface area (Å²) in [6.07, 6.45) is 6.51. The van der Waals surface area contributed by atoms with Crippen molar-refractivity contribution in [1.82, 2.24) is 0 Å². The van der Waals surface area contributed by atoms with Crippen molar-refractivity contribution in [3.63, 3.8) is 0 Å². The van der Waals surface area contributed by atoms with Crippen molar-refractivity contribution in [2.24, 2.45) is 0 Å². The Labute approximate surface area is 1090 Å². The van der Waals surface area contributed by atoms with Crippen LogP contribution in [0.1, 0.15) is 53.9 Å². The van der Waals surface area contributed by atoms with Gasteiger partial charge < -0.3 is 26.6 Å². The van der Waals surface area contributed by atoms with Gasteiger partial charge in [0.05, 0.1) is 11.7 Å². The third-order valence-corrected chi connectivity index (χ3v) is 645. The Kier molecular flexibility index (Phi) is 66.4. The quantitative estimate of drug-likeness (QED) is 0.0134. The van der Waals surface area contributed by atoms with Gasteiger partial charge in [0.15, 0.2) is 17.9 Å². The average Bonchev–Trinajstić information content (AvgIpc) is 0.672. The molecule has 0 spiro atoms. The maximum atomic E-state index is 11.3. The predicted octanol–water partition coefficient (Wildman–Crippen LogP) is 1.17. The number of hydrogen-bond acceptors (Lipinski definition) is 71. The summed E-state index contributed by atoms with van der Waals surface area (Å²) in [6, 6.07) is 0. The molecule has 0 bridgehead atoms. The Bertz CT molecular complexity index is 8790. The standard InChI is InChI=1S/C19H30O5.HIS98.K/c1-6-16(21)9-7-8-15(11-10-14(2)20)17(22)12-13-18(23)24-19(3,4)5;1-68(3,4)70(7,8)72(11,12)74(15,16)76(19,20)78(23,24)80(27,28)82(31,32)84(35,36)86(39,40)88(43,44)90(47,48)92(51,52)94(55,56)96(59,60)98(63,64)99(65,66)97(61,62)95(57,58)93(53,54)91(49,50)89(45,46)87(41,42)85(37,38)83(33,34)81(29,30)79(25,26)77(21,22)75(17,18)73(13,14)71(9,10)69(5,6)67-2;/h7-11,17-18,22-23H,6,12-13H2,1-5H3;2H;/q;;+1/p-1/b9-7+,11-10+,15-8+;;. The zero-order valence-electron chi connectivity index (χ0n) is 56.7. The summed E-state index contributed by atoms with van der Waals surface area (Å²) in [5.41, 5.74) is 0.0224. The van der Waals surface area contributed by atoms with Crippen LogP contribution in [0.2, 0.25) is 0 Å². The minimum Gasteiger partial charge on any atom is -0.706 e. The van der Waals surface area contributed by atoms with Gasteiger partial charge >= 0.3 is 51.4 Å². The summed E-state index contributed by atoms with van der Waals surface area (Å²) in [6.45, 7) is 8.69. The minimum absolute atomic E-state index is 0. The molecule has 124 heavy (non-hydrogen) atoms. The first kappa shape index (κ1) is 155. The van der Waals surface area contributed by atoms with E-state index in [0.29, 0.717) is 21.8 Å². The van der Waals surface area contributed by atoms with Crippen LogP contribution in [0.3, 0.4) is 0 Å². The molecule has 0 aromatic carbocycles. The summed E-state index contributed by atoms with van der Waals surface area (Å²) in [5.74, 6) is -0.164. The van der Waals surface area contributed by atoms with Gasteiger partial charge in [-0.15, -0.1) is 0 Å². The van der Waals surface area contributed by atoms with Crippen LogP contribution >= 0.6 is 31.0 Å². The first-order valence-electron chi connectivity index (χ1n) is 24.5. The van der Waals surface area contributed by atoms with Crippen molar-refractivity contribution in [2.45, 2.75) is 71.9 Å². The van der Waals surface area contributed by atoms with Crippen molar-refractivity contribution >= 4 is 935 Å². The van der Waals surface area contributed by atoms with Gasteiger partial charge in [-0.1, -0.05) is 25.2 Å². The van der Waals surface area contributed by atoms with Crippen LogP contribution in [0.4, 0.5) is 0 Å². The van der Waals surface area contributed by atoms with Crippen LogP contribution < -0.4 is 51.4 Å². The third kappa shape index (κ3) is 28.8. The van der Waals surface area contributed by atoms with Crippen LogP contribution in [-0.4, -0.2) is 39.8 Å². The first-order valence-corrected chi connectivity index (χ1v) is 157. The minimum atomic E-state index is -4.21. The molecular weight excluding hydrogens is 3620 g/mol. The van der Waals surface area contributed by atoms with E-state index in [4.69, 9.17) is 732 Å². The molecule has 0 amide bonds. The van der Waals surface area contributed by atoms with Crippen molar-refractivity contribution in [3.05, 3.63) is 36.0 Å². The van der Waals surface area contributed by atoms with E-state index in [9.17, 15) is 19.8 Å². The van der Waals surface area contributed by atoms with Gasteiger partial charge in [0, 0.05) is 199 Å². The van der Waals surface area contributed by atoms with E-state index in [-0.39, 0.29) is 75.8 Å². The van der Waals surface area contributed by atoms with Gasteiger partial charge in [-0.25, -0.2) is 9.83 Å². The Morgan fingerprint density at radius 1 is 0.315 bits per heavy atom. The summed E-state index contributed by atoms with van der Waals surface area (Å²) in [4.78, 5) is 22.4. The molecule has 0 aliphatic heterocycles. The summed E-state index contributed by atoms with van der Waals surface area (Å²) >= 11 is 396. The van der Waals surface area contributed by atoms with E-state index in [1.54, 1.807) is 40.3 Å². The largest absolute Gasteiger partial charge is 1.00 e. The monoisotopic (exact) mass is 3640 g/mol. The first-order chi connectivity index (χ1) is 52.4. The number of aliphatic hydroxyl groups is 2. The molecule has 0 saturated carbocycles. The zero-order valence-corrected chi connectivity index (χ0v) is 142. The molecule has 2 unspecified atom stereocenters. The second kappa shape index (κ2) is 53.1. The molecule has 2 N–H and O–H groups in total. The van der Waals surface area contributed by atoms with E-state index >= 15 is 0 Å². The fourth-order valence-electron chi connectivity index (χ4n) is 4.90. The molecule has 105 heteroatoms. The van der Waals surface area contributed by atoms with Gasteiger partial charge in [0.25, 0.3) is 0 Å². The number of aliphatic hydroxyl groups excluding tert-OH is 2. The molecule has 0 heterocycles. The van der Waals surface area contributed by atoms with E-state index in [1.807, 2.05) is 20.8 Å². The third-order valence-electron chi connectivity index (χ3n) is 10.8. The number of rotatable bonds is 42. The van der Waals surface area contributed by atoms with Crippen molar-refractivity contribution < 1.29 is 75.9 Å².